The predicted octanol–water partition coefficient (Wildman–Crippen LogP) is 3.80. The smallest absolute Gasteiger partial charge is 0.0624 e. The molecular formula is C17H20N2. The second-order valence-electron chi connectivity index (χ2n) is 5.89. The van der Waals surface area contributed by atoms with Crippen molar-refractivity contribution in [2.45, 2.75) is 38.0 Å². The van der Waals surface area contributed by atoms with Crippen molar-refractivity contribution in [3.05, 3.63) is 41.1 Å². The van der Waals surface area contributed by atoms with E-state index in [1.165, 1.54) is 36.8 Å². The summed E-state index contributed by atoms with van der Waals surface area (Å²) in [7, 11) is 0. The molecule has 1 aromatic rings. The van der Waals surface area contributed by atoms with Crippen molar-refractivity contribution in [3.63, 3.8) is 0 Å². The molecule has 1 fully saturated rings. The third-order valence-electron chi connectivity index (χ3n) is 4.76. The zero-order valence-corrected chi connectivity index (χ0v) is 11.2. The maximum atomic E-state index is 8.79. The Bertz CT molecular complexity index is 530. The fourth-order valence-electron chi connectivity index (χ4n) is 3.76. The Kier molecular flexibility index (Phi) is 3.29. The summed E-state index contributed by atoms with van der Waals surface area (Å²) in [6.07, 6.45) is 7.65. The Morgan fingerprint density at radius 3 is 2.63 bits per heavy atom. The van der Waals surface area contributed by atoms with Crippen LogP contribution in [0.3, 0.4) is 0 Å². The number of hydrogen-bond acceptors (Lipinski definition) is 2. The van der Waals surface area contributed by atoms with Gasteiger partial charge in [-0.25, -0.2) is 0 Å². The molecule has 98 valence electrons. The van der Waals surface area contributed by atoms with Crippen LogP contribution in [0.5, 0.6) is 0 Å². The summed E-state index contributed by atoms with van der Waals surface area (Å²) in [4.78, 5) is 0. The average molecular weight is 252 g/mol. The lowest BCUT2D eigenvalue weighted by atomic mass is 9.73. The van der Waals surface area contributed by atoms with Gasteiger partial charge in [0.25, 0.3) is 0 Å². The van der Waals surface area contributed by atoms with E-state index in [1.807, 2.05) is 0 Å². The standard InChI is InChI=1S/C17H20N2/c18-10-9-12-5-7-13(8-6-12)17-15-4-2-1-3-14(15)11-16(17)19/h1-4,11-13,17H,5-9,19H2. The SMILES string of the molecule is N#CCC1CCC(C2C(N)=Cc3ccccc32)CC1. The molecule has 0 bridgehead atoms. The number of allylic oxidation sites excluding steroid dienone is 1. The molecule has 0 heterocycles. The zero-order chi connectivity index (χ0) is 13.2. The summed E-state index contributed by atoms with van der Waals surface area (Å²) in [5.74, 6) is 1.69. The minimum atomic E-state index is 0.416. The van der Waals surface area contributed by atoms with Gasteiger partial charge in [0.1, 0.15) is 0 Å². The van der Waals surface area contributed by atoms with Gasteiger partial charge in [-0.1, -0.05) is 24.3 Å². The van der Waals surface area contributed by atoms with E-state index in [0.717, 1.165) is 12.1 Å². The summed E-state index contributed by atoms with van der Waals surface area (Å²) in [5, 5.41) is 8.79. The van der Waals surface area contributed by atoms with Crippen LogP contribution >= 0.6 is 0 Å². The van der Waals surface area contributed by atoms with E-state index < -0.39 is 0 Å². The van der Waals surface area contributed by atoms with E-state index in [2.05, 4.69) is 36.4 Å². The van der Waals surface area contributed by atoms with Gasteiger partial charge in [0, 0.05) is 18.0 Å². The Morgan fingerprint density at radius 2 is 1.89 bits per heavy atom. The minimum Gasteiger partial charge on any atom is -0.402 e. The number of nitrogens with zero attached hydrogens (tertiary/aromatic N) is 1. The molecule has 2 aliphatic rings. The van der Waals surface area contributed by atoms with Crippen molar-refractivity contribution in [2.24, 2.45) is 17.6 Å². The summed E-state index contributed by atoms with van der Waals surface area (Å²) >= 11 is 0. The molecule has 0 aromatic heterocycles. The Balaban J connectivity index is 1.75. The molecule has 0 amide bonds. The van der Waals surface area contributed by atoms with Crippen molar-refractivity contribution in [2.75, 3.05) is 0 Å². The molecule has 0 radical (unpaired) electrons. The largest absolute Gasteiger partial charge is 0.402 e. The summed E-state index contributed by atoms with van der Waals surface area (Å²) in [6, 6.07) is 10.9. The number of nitrogens with two attached hydrogens (primary N) is 1. The summed E-state index contributed by atoms with van der Waals surface area (Å²) in [5.41, 5.74) is 10.00. The molecule has 19 heavy (non-hydrogen) atoms. The lowest BCUT2D eigenvalue weighted by Gasteiger charge is -2.32. The molecular weight excluding hydrogens is 232 g/mol. The third kappa shape index (κ3) is 2.26. The van der Waals surface area contributed by atoms with E-state index in [4.69, 9.17) is 11.0 Å². The first kappa shape index (κ1) is 12.3. The van der Waals surface area contributed by atoms with Crippen molar-refractivity contribution in [3.8, 4) is 6.07 Å². The van der Waals surface area contributed by atoms with Gasteiger partial charge >= 0.3 is 0 Å². The van der Waals surface area contributed by atoms with Crippen molar-refractivity contribution < 1.29 is 0 Å². The van der Waals surface area contributed by atoms with Crippen LogP contribution in [0.15, 0.2) is 30.0 Å². The molecule has 2 nitrogen and oxygen atoms in total. The first-order valence-electron chi connectivity index (χ1n) is 7.22. The van der Waals surface area contributed by atoms with Gasteiger partial charge in [-0.3, -0.25) is 0 Å². The van der Waals surface area contributed by atoms with Crippen LogP contribution in [0.2, 0.25) is 0 Å². The van der Waals surface area contributed by atoms with Crippen LogP contribution in [0.4, 0.5) is 0 Å². The van der Waals surface area contributed by atoms with Crippen LogP contribution in [0.1, 0.15) is 49.1 Å². The molecule has 2 aliphatic carbocycles. The fourth-order valence-corrected chi connectivity index (χ4v) is 3.76. The van der Waals surface area contributed by atoms with Gasteiger partial charge < -0.3 is 5.73 Å². The topological polar surface area (TPSA) is 49.8 Å². The maximum absolute atomic E-state index is 8.79. The molecule has 3 rings (SSSR count). The molecule has 2 N–H and O–H groups in total. The van der Waals surface area contributed by atoms with Crippen molar-refractivity contribution in [1.29, 1.82) is 5.26 Å². The zero-order valence-electron chi connectivity index (χ0n) is 11.2. The van der Waals surface area contributed by atoms with Gasteiger partial charge in [-0.15, -0.1) is 0 Å². The lowest BCUT2D eigenvalue weighted by Crippen LogP contribution is -2.23. The van der Waals surface area contributed by atoms with E-state index in [9.17, 15) is 0 Å². The number of hydrogen-bond donors (Lipinski definition) is 1. The minimum absolute atomic E-state index is 0.416. The van der Waals surface area contributed by atoms with Crippen LogP contribution in [-0.2, 0) is 0 Å². The van der Waals surface area contributed by atoms with Crippen LogP contribution in [-0.4, -0.2) is 0 Å². The molecule has 1 unspecified atom stereocenters. The van der Waals surface area contributed by atoms with Gasteiger partial charge in [0.2, 0.25) is 0 Å². The highest BCUT2D eigenvalue weighted by atomic mass is 14.6. The highest BCUT2D eigenvalue weighted by Crippen LogP contribution is 2.45. The monoisotopic (exact) mass is 252 g/mol. The predicted molar refractivity (Wildman–Crippen MR) is 77.0 cm³/mol. The summed E-state index contributed by atoms with van der Waals surface area (Å²) in [6.45, 7) is 0. The van der Waals surface area contributed by atoms with Gasteiger partial charge in [0.15, 0.2) is 0 Å². The molecule has 2 heteroatoms. The maximum Gasteiger partial charge on any atom is 0.0624 e. The van der Waals surface area contributed by atoms with E-state index in [0.29, 0.717) is 17.8 Å². The van der Waals surface area contributed by atoms with Crippen molar-refractivity contribution >= 4 is 6.08 Å². The first-order chi connectivity index (χ1) is 9.29. The fraction of sp³-hybridized carbons (Fsp3) is 0.471. The summed E-state index contributed by atoms with van der Waals surface area (Å²) < 4.78 is 0. The average Bonchev–Trinajstić information content (AvgIpc) is 2.76. The molecule has 0 spiro atoms. The Hall–Kier alpha value is -1.75. The lowest BCUT2D eigenvalue weighted by molar-refractivity contribution is 0.258. The molecule has 1 atom stereocenters. The second kappa shape index (κ2) is 5.09. The number of rotatable bonds is 2. The molecule has 1 aromatic carbocycles. The van der Waals surface area contributed by atoms with E-state index in [-0.39, 0.29) is 0 Å². The highest BCUT2D eigenvalue weighted by molar-refractivity contribution is 5.65. The van der Waals surface area contributed by atoms with Crippen LogP contribution < -0.4 is 5.73 Å². The van der Waals surface area contributed by atoms with Gasteiger partial charge in [-0.2, -0.15) is 5.26 Å². The Labute approximate surface area is 114 Å². The van der Waals surface area contributed by atoms with E-state index >= 15 is 0 Å². The Morgan fingerprint density at radius 1 is 1.16 bits per heavy atom. The van der Waals surface area contributed by atoms with Gasteiger partial charge in [0.05, 0.1) is 6.07 Å². The molecule has 0 aliphatic heterocycles. The second-order valence-corrected chi connectivity index (χ2v) is 5.89. The van der Waals surface area contributed by atoms with Crippen LogP contribution in [0.25, 0.3) is 6.08 Å². The number of nitriles is 1. The quantitative estimate of drug-likeness (QED) is 0.870. The molecule has 0 saturated heterocycles. The normalized spacial score (nSPS) is 29.4. The first-order valence-corrected chi connectivity index (χ1v) is 7.22. The van der Waals surface area contributed by atoms with Crippen LogP contribution in [0, 0.1) is 23.2 Å². The number of benzene rings is 1. The van der Waals surface area contributed by atoms with Gasteiger partial charge in [-0.05, 0) is 54.7 Å². The highest BCUT2D eigenvalue weighted by Gasteiger charge is 2.33. The van der Waals surface area contributed by atoms with E-state index in [1.54, 1.807) is 0 Å². The molecule has 1 saturated carbocycles. The number of fused-ring (bicyclic) bond motifs is 1. The third-order valence-corrected chi connectivity index (χ3v) is 4.76. The van der Waals surface area contributed by atoms with Crippen molar-refractivity contribution in [1.82, 2.24) is 0 Å².